The highest BCUT2D eigenvalue weighted by Crippen LogP contribution is 2.35. The van der Waals surface area contributed by atoms with E-state index in [4.69, 9.17) is 14.5 Å². The smallest absolute Gasteiger partial charge is 0.356 e. The van der Waals surface area contributed by atoms with Crippen molar-refractivity contribution < 1.29 is 19.1 Å². The van der Waals surface area contributed by atoms with Gasteiger partial charge in [0.15, 0.2) is 5.69 Å². The molecule has 4 rings (SSSR count). The molecule has 2 aromatic rings. The van der Waals surface area contributed by atoms with E-state index < -0.39 is 5.97 Å². The molecule has 2 atom stereocenters. The van der Waals surface area contributed by atoms with Gasteiger partial charge in [0.2, 0.25) is 5.91 Å². The van der Waals surface area contributed by atoms with Crippen molar-refractivity contribution in [2.24, 2.45) is 5.92 Å². The Labute approximate surface area is 195 Å². The zero-order valence-electron chi connectivity index (χ0n) is 20.0. The van der Waals surface area contributed by atoms with Gasteiger partial charge in [-0.3, -0.25) is 4.79 Å². The molecule has 8 nitrogen and oxygen atoms in total. The summed E-state index contributed by atoms with van der Waals surface area (Å²) >= 11 is 0. The molecule has 33 heavy (non-hydrogen) atoms. The second kappa shape index (κ2) is 10.5. The molecule has 0 bridgehead atoms. The summed E-state index contributed by atoms with van der Waals surface area (Å²) in [6.07, 6.45) is 10.5. The van der Waals surface area contributed by atoms with Gasteiger partial charge in [-0.05, 0) is 38.2 Å². The van der Waals surface area contributed by atoms with Crippen molar-refractivity contribution in [3.05, 3.63) is 18.0 Å². The van der Waals surface area contributed by atoms with Crippen LogP contribution in [0.2, 0.25) is 0 Å². The zero-order chi connectivity index (χ0) is 23.4. The van der Waals surface area contributed by atoms with Crippen LogP contribution in [-0.4, -0.2) is 47.3 Å². The number of hydrogen-bond donors (Lipinski definition) is 2. The number of carbonyl (C=O) groups is 2. The molecule has 8 heteroatoms. The first-order valence-electron chi connectivity index (χ1n) is 12.3. The van der Waals surface area contributed by atoms with Gasteiger partial charge in [-0.25, -0.2) is 9.78 Å². The molecule has 0 aromatic carbocycles. The van der Waals surface area contributed by atoms with E-state index in [0.29, 0.717) is 36.0 Å². The molecule has 1 saturated heterocycles. The molecule has 0 radical (unpaired) electrons. The number of methoxy groups -OCH3 is 1. The highest BCUT2D eigenvalue weighted by Gasteiger charge is 2.29. The quantitative estimate of drug-likeness (QED) is 0.558. The van der Waals surface area contributed by atoms with Gasteiger partial charge in [-0.15, -0.1) is 0 Å². The van der Waals surface area contributed by atoms with Crippen LogP contribution in [0, 0.1) is 5.92 Å². The van der Waals surface area contributed by atoms with Gasteiger partial charge < -0.3 is 24.7 Å². The van der Waals surface area contributed by atoms with E-state index in [0.717, 1.165) is 43.4 Å². The third kappa shape index (κ3) is 5.16. The lowest BCUT2D eigenvalue weighted by molar-refractivity contribution is -0.119. The number of esters is 1. The van der Waals surface area contributed by atoms with Crippen LogP contribution in [0.1, 0.15) is 75.7 Å². The number of anilines is 2. The molecule has 1 amide bonds. The largest absolute Gasteiger partial charge is 0.464 e. The minimum atomic E-state index is -0.493. The number of fused-ring (bicyclic) bond motifs is 1. The summed E-state index contributed by atoms with van der Waals surface area (Å²) in [5, 5.41) is 7.38. The van der Waals surface area contributed by atoms with Crippen LogP contribution in [0.4, 0.5) is 11.4 Å². The molecule has 2 fully saturated rings. The van der Waals surface area contributed by atoms with E-state index in [1.807, 2.05) is 30.7 Å². The number of pyridine rings is 1. The van der Waals surface area contributed by atoms with Crippen molar-refractivity contribution in [1.29, 1.82) is 0 Å². The van der Waals surface area contributed by atoms with Gasteiger partial charge in [-0.1, -0.05) is 33.1 Å². The van der Waals surface area contributed by atoms with Crippen LogP contribution in [0.15, 0.2) is 12.3 Å². The van der Waals surface area contributed by atoms with E-state index >= 15 is 0 Å². The number of ether oxygens (including phenoxy) is 2. The fourth-order valence-electron chi connectivity index (χ4n) is 4.82. The average molecular weight is 457 g/mol. The van der Waals surface area contributed by atoms with Crippen LogP contribution in [0.25, 0.3) is 11.0 Å². The van der Waals surface area contributed by atoms with Crippen LogP contribution >= 0.6 is 0 Å². The molecule has 1 saturated carbocycles. The number of rotatable bonds is 8. The minimum Gasteiger partial charge on any atom is -0.464 e. The number of carbonyl (C=O) groups excluding carboxylic acids is 2. The Morgan fingerprint density at radius 1 is 1.24 bits per heavy atom. The predicted molar refractivity (Wildman–Crippen MR) is 129 cm³/mol. The Kier molecular flexibility index (Phi) is 7.53. The average Bonchev–Trinajstić information content (AvgIpc) is 3.45. The molecule has 0 spiro atoms. The standard InChI is InChI=1S/C25H36N4O4/c1-4-16(2)24(30)28-21-20-13-18(27-17-9-6-5-7-10-17)14-26-23(20)29(22(21)25(31)32-3)15-19-11-8-12-33-19/h13-14,16-17,19,27H,4-12,15H2,1-3H3,(H,28,30)/t16-,19-/m1/s1. The van der Waals surface area contributed by atoms with Gasteiger partial charge in [0, 0.05) is 24.0 Å². The van der Waals surface area contributed by atoms with Crippen molar-refractivity contribution >= 4 is 34.3 Å². The zero-order valence-corrected chi connectivity index (χ0v) is 20.0. The van der Waals surface area contributed by atoms with Crippen molar-refractivity contribution in [3.8, 4) is 0 Å². The summed E-state index contributed by atoms with van der Waals surface area (Å²) in [6.45, 7) is 5.06. The third-order valence-corrected chi connectivity index (χ3v) is 6.97. The monoisotopic (exact) mass is 456 g/mol. The topological polar surface area (TPSA) is 94.5 Å². The number of nitrogens with zero attached hydrogens (tertiary/aromatic N) is 2. The second-order valence-corrected chi connectivity index (χ2v) is 9.33. The first kappa shape index (κ1) is 23.5. The normalized spacial score (nSPS) is 20.0. The molecular weight excluding hydrogens is 420 g/mol. The Bertz CT molecular complexity index is 990. The van der Waals surface area contributed by atoms with Crippen LogP contribution in [-0.2, 0) is 20.8 Å². The highest BCUT2D eigenvalue weighted by molar-refractivity contribution is 6.11. The van der Waals surface area contributed by atoms with Crippen LogP contribution in [0.3, 0.4) is 0 Å². The van der Waals surface area contributed by atoms with E-state index in [1.165, 1.54) is 26.4 Å². The first-order valence-corrected chi connectivity index (χ1v) is 12.3. The third-order valence-electron chi connectivity index (χ3n) is 6.97. The Balaban J connectivity index is 1.79. The summed E-state index contributed by atoms with van der Waals surface area (Å²) < 4.78 is 12.8. The lowest BCUT2D eigenvalue weighted by Gasteiger charge is -2.23. The number of amides is 1. The molecular formula is C25H36N4O4. The Hall–Kier alpha value is -2.61. The molecule has 1 aliphatic carbocycles. The van der Waals surface area contributed by atoms with E-state index in [-0.39, 0.29) is 17.9 Å². The van der Waals surface area contributed by atoms with Crippen LogP contribution in [0.5, 0.6) is 0 Å². The summed E-state index contributed by atoms with van der Waals surface area (Å²) in [6, 6.07) is 2.42. The van der Waals surface area contributed by atoms with Gasteiger partial charge in [0.1, 0.15) is 5.65 Å². The van der Waals surface area contributed by atoms with E-state index in [1.54, 1.807) is 0 Å². The minimum absolute atomic E-state index is 0.00367. The predicted octanol–water partition coefficient (Wildman–Crippen LogP) is 4.73. The van der Waals surface area contributed by atoms with Crippen molar-refractivity contribution in [2.45, 2.75) is 83.9 Å². The fourth-order valence-corrected chi connectivity index (χ4v) is 4.82. The maximum absolute atomic E-state index is 12.9. The highest BCUT2D eigenvalue weighted by atomic mass is 16.5. The summed E-state index contributed by atoms with van der Waals surface area (Å²) in [4.78, 5) is 30.6. The maximum Gasteiger partial charge on any atom is 0.356 e. The van der Waals surface area contributed by atoms with Crippen LogP contribution < -0.4 is 10.6 Å². The molecule has 2 N–H and O–H groups in total. The molecule has 3 heterocycles. The molecule has 2 aromatic heterocycles. The lowest BCUT2D eigenvalue weighted by atomic mass is 9.95. The van der Waals surface area contributed by atoms with Gasteiger partial charge in [-0.2, -0.15) is 0 Å². The molecule has 0 unspecified atom stereocenters. The van der Waals surface area contributed by atoms with Gasteiger partial charge >= 0.3 is 5.97 Å². The second-order valence-electron chi connectivity index (χ2n) is 9.33. The number of aromatic nitrogens is 2. The number of hydrogen-bond acceptors (Lipinski definition) is 6. The summed E-state index contributed by atoms with van der Waals surface area (Å²) in [5.74, 6) is -0.791. The van der Waals surface area contributed by atoms with E-state index in [2.05, 4.69) is 10.6 Å². The SMILES string of the molecule is CC[C@@H](C)C(=O)Nc1c(C(=O)OC)n(C[C@H]2CCCO2)c2ncc(NC3CCCCC3)cc12. The maximum atomic E-state index is 12.9. The first-order chi connectivity index (χ1) is 16.0. The number of nitrogens with one attached hydrogen (secondary N) is 2. The van der Waals surface area contributed by atoms with Crippen molar-refractivity contribution in [2.75, 3.05) is 24.4 Å². The van der Waals surface area contributed by atoms with Crippen molar-refractivity contribution in [3.63, 3.8) is 0 Å². The Morgan fingerprint density at radius 3 is 2.70 bits per heavy atom. The summed E-state index contributed by atoms with van der Waals surface area (Å²) in [7, 11) is 1.36. The summed E-state index contributed by atoms with van der Waals surface area (Å²) in [5.41, 5.74) is 2.35. The lowest BCUT2D eigenvalue weighted by Crippen LogP contribution is -2.23. The fraction of sp³-hybridized carbons (Fsp3) is 0.640. The van der Waals surface area contributed by atoms with Crippen molar-refractivity contribution in [1.82, 2.24) is 9.55 Å². The molecule has 2 aliphatic rings. The Morgan fingerprint density at radius 2 is 2.03 bits per heavy atom. The van der Waals surface area contributed by atoms with Gasteiger partial charge in [0.25, 0.3) is 0 Å². The molecule has 180 valence electrons. The molecule has 1 aliphatic heterocycles. The van der Waals surface area contributed by atoms with Gasteiger partial charge in [0.05, 0.1) is 37.3 Å². The van der Waals surface area contributed by atoms with E-state index in [9.17, 15) is 9.59 Å².